The normalized spacial score (nSPS) is 17.0. The van der Waals surface area contributed by atoms with E-state index >= 15 is 0 Å². The molecule has 7 heteroatoms. The van der Waals surface area contributed by atoms with Crippen molar-refractivity contribution in [3.8, 4) is 11.5 Å². The molecule has 0 atom stereocenters. The lowest BCUT2D eigenvalue weighted by atomic mass is 10.1. The SMILES string of the molecule is COc1cccc(/C=C2\SC(=Nc3cccc(Br)c3)NC2=O)c1OC. The molecule has 2 aromatic carbocycles. The van der Waals surface area contributed by atoms with Crippen molar-refractivity contribution in [3.63, 3.8) is 0 Å². The molecule has 128 valence electrons. The summed E-state index contributed by atoms with van der Waals surface area (Å²) in [6, 6.07) is 13.1. The summed E-state index contributed by atoms with van der Waals surface area (Å²) in [6.07, 6.45) is 1.77. The molecule has 0 aromatic heterocycles. The monoisotopic (exact) mass is 418 g/mol. The van der Waals surface area contributed by atoms with Gasteiger partial charge < -0.3 is 14.8 Å². The van der Waals surface area contributed by atoms with Crippen molar-refractivity contribution in [2.24, 2.45) is 4.99 Å². The van der Waals surface area contributed by atoms with E-state index in [4.69, 9.17) is 9.47 Å². The molecule has 1 fully saturated rings. The molecule has 0 spiro atoms. The molecular formula is C18H15BrN2O3S. The second-order valence-electron chi connectivity index (χ2n) is 5.04. The highest BCUT2D eigenvalue weighted by Gasteiger charge is 2.24. The van der Waals surface area contributed by atoms with Gasteiger partial charge in [0, 0.05) is 10.0 Å². The van der Waals surface area contributed by atoms with Crippen molar-refractivity contribution in [3.05, 3.63) is 57.4 Å². The predicted octanol–water partition coefficient (Wildman–Crippen LogP) is 4.36. The van der Waals surface area contributed by atoms with Crippen molar-refractivity contribution < 1.29 is 14.3 Å². The minimum absolute atomic E-state index is 0.191. The molecule has 1 aliphatic heterocycles. The maximum absolute atomic E-state index is 12.2. The molecule has 2 aromatic rings. The molecule has 1 amide bonds. The molecule has 1 saturated heterocycles. The third-order valence-electron chi connectivity index (χ3n) is 3.41. The zero-order chi connectivity index (χ0) is 17.8. The smallest absolute Gasteiger partial charge is 0.264 e. The number of amides is 1. The van der Waals surface area contributed by atoms with Crippen LogP contribution < -0.4 is 14.8 Å². The quantitative estimate of drug-likeness (QED) is 0.749. The number of methoxy groups -OCH3 is 2. The number of ether oxygens (including phenoxy) is 2. The predicted molar refractivity (Wildman–Crippen MR) is 104 cm³/mol. The molecule has 1 aliphatic rings. The number of para-hydroxylation sites is 1. The second kappa shape index (κ2) is 7.76. The van der Waals surface area contributed by atoms with Gasteiger partial charge in [0.15, 0.2) is 16.7 Å². The van der Waals surface area contributed by atoms with Crippen LogP contribution in [-0.4, -0.2) is 25.3 Å². The van der Waals surface area contributed by atoms with Gasteiger partial charge in [0.1, 0.15) is 0 Å². The molecule has 0 saturated carbocycles. The Balaban J connectivity index is 1.90. The number of rotatable bonds is 4. The molecule has 3 rings (SSSR count). The lowest BCUT2D eigenvalue weighted by molar-refractivity contribution is -0.115. The average molecular weight is 419 g/mol. The fraction of sp³-hybridized carbons (Fsp3) is 0.111. The van der Waals surface area contributed by atoms with Crippen LogP contribution >= 0.6 is 27.7 Å². The largest absolute Gasteiger partial charge is 0.493 e. The van der Waals surface area contributed by atoms with E-state index in [-0.39, 0.29) is 5.91 Å². The standard InChI is InChI=1S/C18H15BrN2O3S/c1-23-14-8-3-5-11(16(14)24-2)9-15-17(22)21-18(25-15)20-13-7-4-6-12(19)10-13/h3-10H,1-2H3,(H,20,21,22)/b15-9-. The Morgan fingerprint density at radius 2 is 1.96 bits per heavy atom. The highest BCUT2D eigenvalue weighted by Crippen LogP contribution is 2.35. The molecule has 25 heavy (non-hydrogen) atoms. The third-order valence-corrected chi connectivity index (χ3v) is 4.81. The summed E-state index contributed by atoms with van der Waals surface area (Å²) >= 11 is 4.69. The first-order valence-corrected chi connectivity index (χ1v) is 8.98. The van der Waals surface area contributed by atoms with E-state index in [9.17, 15) is 4.79 Å². The molecule has 0 unspecified atom stereocenters. The van der Waals surface area contributed by atoms with Crippen molar-refractivity contribution in [2.45, 2.75) is 0 Å². The number of amidine groups is 1. The van der Waals surface area contributed by atoms with Crippen LogP contribution in [0.1, 0.15) is 5.56 Å². The topological polar surface area (TPSA) is 59.9 Å². The average Bonchev–Trinajstić information content (AvgIpc) is 2.93. The Kier molecular flexibility index (Phi) is 5.45. The van der Waals surface area contributed by atoms with E-state index in [0.29, 0.717) is 21.6 Å². The summed E-state index contributed by atoms with van der Waals surface area (Å²) < 4.78 is 11.6. The van der Waals surface area contributed by atoms with Gasteiger partial charge in [-0.25, -0.2) is 4.99 Å². The Morgan fingerprint density at radius 1 is 1.16 bits per heavy atom. The van der Waals surface area contributed by atoms with Crippen LogP contribution in [-0.2, 0) is 4.79 Å². The zero-order valence-corrected chi connectivity index (χ0v) is 16.0. The summed E-state index contributed by atoms with van der Waals surface area (Å²) in [6.45, 7) is 0. The minimum atomic E-state index is -0.191. The van der Waals surface area contributed by atoms with Crippen LogP contribution in [0.3, 0.4) is 0 Å². The van der Waals surface area contributed by atoms with Crippen LogP contribution in [0.4, 0.5) is 5.69 Å². The highest BCUT2D eigenvalue weighted by atomic mass is 79.9. The van der Waals surface area contributed by atoms with Gasteiger partial charge in [0.25, 0.3) is 5.91 Å². The highest BCUT2D eigenvalue weighted by molar-refractivity contribution is 9.10. The van der Waals surface area contributed by atoms with Gasteiger partial charge >= 0.3 is 0 Å². The minimum Gasteiger partial charge on any atom is -0.493 e. The van der Waals surface area contributed by atoms with Crippen molar-refractivity contribution in [2.75, 3.05) is 14.2 Å². The molecule has 0 radical (unpaired) electrons. The van der Waals surface area contributed by atoms with Gasteiger partial charge in [0.2, 0.25) is 0 Å². The van der Waals surface area contributed by atoms with E-state index < -0.39 is 0 Å². The number of benzene rings is 2. The summed E-state index contributed by atoms with van der Waals surface area (Å²) in [5.74, 6) is 1.01. The summed E-state index contributed by atoms with van der Waals surface area (Å²) in [5, 5.41) is 3.31. The molecule has 0 bridgehead atoms. The zero-order valence-electron chi connectivity index (χ0n) is 13.6. The van der Waals surface area contributed by atoms with Gasteiger partial charge in [-0.05, 0) is 42.1 Å². The van der Waals surface area contributed by atoms with Gasteiger partial charge in [-0.2, -0.15) is 0 Å². The Labute approximate surface area is 158 Å². The fourth-order valence-electron chi connectivity index (χ4n) is 2.31. The van der Waals surface area contributed by atoms with Gasteiger partial charge in [-0.1, -0.05) is 34.1 Å². The van der Waals surface area contributed by atoms with Crippen LogP contribution in [0.2, 0.25) is 0 Å². The number of halogens is 1. The molecule has 5 nitrogen and oxygen atoms in total. The number of nitrogens with one attached hydrogen (secondary N) is 1. The number of carbonyl (C=O) groups excluding carboxylic acids is 1. The Morgan fingerprint density at radius 3 is 2.68 bits per heavy atom. The summed E-state index contributed by atoms with van der Waals surface area (Å²) in [4.78, 5) is 17.2. The first-order chi connectivity index (χ1) is 12.1. The Bertz CT molecular complexity index is 880. The van der Waals surface area contributed by atoms with Crippen LogP contribution in [0.5, 0.6) is 11.5 Å². The van der Waals surface area contributed by atoms with Crippen molar-refractivity contribution >= 4 is 50.5 Å². The van der Waals surface area contributed by atoms with E-state index in [0.717, 1.165) is 15.7 Å². The maximum Gasteiger partial charge on any atom is 0.264 e. The number of aliphatic imine (C=N–C) groups is 1. The second-order valence-corrected chi connectivity index (χ2v) is 6.99. The van der Waals surface area contributed by atoms with Crippen molar-refractivity contribution in [1.82, 2.24) is 5.32 Å². The molecular weight excluding hydrogens is 404 g/mol. The Hall–Kier alpha value is -2.25. The number of hydrogen-bond acceptors (Lipinski definition) is 5. The first kappa shape index (κ1) is 17.6. The molecule has 1 heterocycles. The van der Waals surface area contributed by atoms with Crippen LogP contribution in [0.25, 0.3) is 6.08 Å². The third kappa shape index (κ3) is 4.05. The van der Waals surface area contributed by atoms with E-state index in [2.05, 4.69) is 26.2 Å². The number of thioether (sulfide) groups is 1. The first-order valence-electron chi connectivity index (χ1n) is 7.37. The number of carbonyl (C=O) groups is 1. The van der Waals surface area contributed by atoms with E-state index in [1.165, 1.54) is 11.8 Å². The maximum atomic E-state index is 12.2. The van der Waals surface area contributed by atoms with E-state index in [1.54, 1.807) is 20.3 Å². The summed E-state index contributed by atoms with van der Waals surface area (Å²) in [7, 11) is 3.15. The van der Waals surface area contributed by atoms with Crippen LogP contribution in [0, 0.1) is 0 Å². The molecule has 1 N–H and O–H groups in total. The number of nitrogens with zero attached hydrogens (tertiary/aromatic N) is 1. The molecule has 0 aliphatic carbocycles. The summed E-state index contributed by atoms with van der Waals surface area (Å²) in [5.41, 5.74) is 1.53. The lowest BCUT2D eigenvalue weighted by Gasteiger charge is -2.10. The van der Waals surface area contributed by atoms with Gasteiger partial charge in [-0.3, -0.25) is 4.79 Å². The van der Waals surface area contributed by atoms with Crippen LogP contribution in [0.15, 0.2) is 56.8 Å². The van der Waals surface area contributed by atoms with Gasteiger partial charge in [-0.15, -0.1) is 0 Å². The van der Waals surface area contributed by atoms with Gasteiger partial charge in [0.05, 0.1) is 24.8 Å². The fourth-order valence-corrected chi connectivity index (χ4v) is 3.53. The van der Waals surface area contributed by atoms with Crippen molar-refractivity contribution in [1.29, 1.82) is 0 Å². The van der Waals surface area contributed by atoms with E-state index in [1.807, 2.05) is 42.5 Å². The number of hydrogen-bond donors (Lipinski definition) is 1. The lowest BCUT2D eigenvalue weighted by Crippen LogP contribution is -2.19.